The van der Waals surface area contributed by atoms with Gasteiger partial charge in [-0.3, -0.25) is 0 Å². The van der Waals surface area contributed by atoms with Crippen molar-refractivity contribution in [2.75, 3.05) is 33.3 Å². The highest BCUT2D eigenvalue weighted by atomic mass is 16.5. The van der Waals surface area contributed by atoms with Crippen LogP contribution >= 0.6 is 0 Å². The predicted octanol–water partition coefficient (Wildman–Crippen LogP) is 3.13. The molecule has 1 aromatic carbocycles. The van der Waals surface area contributed by atoms with Crippen molar-refractivity contribution in [1.82, 2.24) is 10.2 Å². The minimum absolute atomic E-state index is 0.539. The van der Waals surface area contributed by atoms with E-state index in [1.54, 1.807) is 0 Å². The Labute approximate surface area is 151 Å². The molecule has 0 aromatic heterocycles. The van der Waals surface area contributed by atoms with Crippen molar-refractivity contribution in [1.29, 1.82) is 5.26 Å². The van der Waals surface area contributed by atoms with Gasteiger partial charge in [-0.25, -0.2) is 0 Å². The molecule has 2 aliphatic heterocycles. The fourth-order valence-electron chi connectivity index (χ4n) is 5.01. The normalized spacial score (nSPS) is 31.7. The van der Waals surface area contributed by atoms with Gasteiger partial charge in [-0.1, -0.05) is 0 Å². The largest absolute Gasteiger partial charge is 0.493 e. The molecule has 1 N–H and O–H groups in total. The van der Waals surface area contributed by atoms with Crippen molar-refractivity contribution in [2.24, 2.45) is 11.8 Å². The van der Waals surface area contributed by atoms with Crippen LogP contribution in [0, 0.1) is 23.2 Å². The molecule has 0 amide bonds. The first-order valence-corrected chi connectivity index (χ1v) is 9.83. The van der Waals surface area contributed by atoms with Gasteiger partial charge in [0.15, 0.2) is 0 Å². The number of ether oxygens (including phenoxy) is 1. The Kier molecular flexibility index (Phi) is 4.96. The van der Waals surface area contributed by atoms with Gasteiger partial charge in [-0.2, -0.15) is 5.26 Å². The molecular weight excluding hydrogens is 310 g/mol. The molecule has 2 atom stereocenters. The van der Waals surface area contributed by atoms with E-state index in [4.69, 9.17) is 4.74 Å². The van der Waals surface area contributed by atoms with Crippen LogP contribution in [0.3, 0.4) is 0 Å². The van der Waals surface area contributed by atoms with E-state index >= 15 is 0 Å². The molecule has 25 heavy (non-hydrogen) atoms. The lowest BCUT2D eigenvalue weighted by Gasteiger charge is -2.29. The van der Waals surface area contributed by atoms with E-state index in [1.807, 2.05) is 12.1 Å². The quantitative estimate of drug-likeness (QED) is 0.915. The second kappa shape index (κ2) is 7.35. The summed E-state index contributed by atoms with van der Waals surface area (Å²) in [5.41, 5.74) is 2.01. The van der Waals surface area contributed by atoms with Crippen molar-refractivity contribution in [2.45, 2.75) is 44.1 Å². The molecule has 134 valence electrons. The van der Waals surface area contributed by atoms with Crippen molar-refractivity contribution >= 4 is 0 Å². The molecule has 1 aromatic rings. The maximum Gasteiger partial charge on any atom is 0.122 e. The van der Waals surface area contributed by atoms with E-state index in [-0.39, 0.29) is 0 Å². The van der Waals surface area contributed by atoms with E-state index in [2.05, 4.69) is 29.4 Å². The summed E-state index contributed by atoms with van der Waals surface area (Å²) < 4.78 is 5.96. The van der Waals surface area contributed by atoms with Crippen LogP contribution in [0.1, 0.15) is 49.1 Å². The van der Waals surface area contributed by atoms with E-state index in [9.17, 15) is 5.26 Å². The van der Waals surface area contributed by atoms with Crippen LogP contribution in [0.4, 0.5) is 0 Å². The molecule has 2 heterocycles. The molecule has 1 saturated carbocycles. The van der Waals surface area contributed by atoms with Gasteiger partial charge in [0.25, 0.3) is 0 Å². The monoisotopic (exact) mass is 339 g/mol. The summed E-state index contributed by atoms with van der Waals surface area (Å²) in [6.07, 6.45) is 6.77. The Morgan fingerprint density at radius 2 is 2.08 bits per heavy atom. The Morgan fingerprint density at radius 3 is 2.84 bits per heavy atom. The maximum atomic E-state index is 9.19. The highest BCUT2D eigenvalue weighted by Gasteiger charge is 2.38. The molecule has 1 saturated heterocycles. The molecule has 0 radical (unpaired) electrons. The minimum atomic E-state index is 0.539. The first-order valence-electron chi connectivity index (χ1n) is 9.83. The van der Waals surface area contributed by atoms with Gasteiger partial charge < -0.3 is 15.0 Å². The number of nitrogens with zero attached hydrogens (tertiary/aromatic N) is 2. The Balaban J connectivity index is 1.34. The Morgan fingerprint density at radius 1 is 1.24 bits per heavy atom. The van der Waals surface area contributed by atoms with Gasteiger partial charge in [-0.05, 0) is 69.8 Å². The van der Waals surface area contributed by atoms with E-state index in [0.29, 0.717) is 11.8 Å². The molecule has 0 spiro atoms. The Bertz CT molecular complexity index is 645. The van der Waals surface area contributed by atoms with Crippen molar-refractivity contribution < 1.29 is 4.74 Å². The number of likely N-dealkylation sites (tertiary alicyclic amines) is 1. The summed E-state index contributed by atoms with van der Waals surface area (Å²) in [6, 6.07) is 8.91. The standard InChI is InChI=1S/C21H29N3O/c1-23-18-5-2-15(3-6-18)8-9-24-12-17-14-25-21-7-4-16(11-22)10-19(21)20(17)13-24/h4,7,10,15,17-18,20,23H,2-3,5-6,8-9,12-14H2,1H3/t15?,17-,18?,20+/m0/s1. The van der Waals surface area contributed by atoms with Crippen LogP contribution in [-0.2, 0) is 0 Å². The van der Waals surface area contributed by atoms with Gasteiger partial charge in [0, 0.05) is 36.5 Å². The molecule has 1 aliphatic carbocycles. The summed E-state index contributed by atoms with van der Waals surface area (Å²) in [5.74, 6) is 3.02. The van der Waals surface area contributed by atoms with Gasteiger partial charge in [0.2, 0.25) is 0 Å². The fraction of sp³-hybridized carbons (Fsp3) is 0.667. The number of benzene rings is 1. The average molecular weight is 339 g/mol. The van der Waals surface area contributed by atoms with Crippen LogP contribution in [0.25, 0.3) is 0 Å². The summed E-state index contributed by atoms with van der Waals surface area (Å²) >= 11 is 0. The lowest BCUT2D eigenvalue weighted by Crippen LogP contribution is -2.31. The summed E-state index contributed by atoms with van der Waals surface area (Å²) in [7, 11) is 2.09. The number of nitriles is 1. The van der Waals surface area contributed by atoms with Gasteiger partial charge in [0.1, 0.15) is 5.75 Å². The van der Waals surface area contributed by atoms with Gasteiger partial charge in [0.05, 0.1) is 18.2 Å². The number of fused-ring (bicyclic) bond motifs is 3. The molecule has 4 rings (SSSR count). The third-order valence-electron chi connectivity index (χ3n) is 6.62. The van der Waals surface area contributed by atoms with Gasteiger partial charge in [-0.15, -0.1) is 0 Å². The second-order valence-electron chi connectivity index (χ2n) is 8.10. The van der Waals surface area contributed by atoms with E-state index in [1.165, 1.54) is 44.2 Å². The van der Waals surface area contributed by atoms with Crippen LogP contribution < -0.4 is 10.1 Å². The van der Waals surface area contributed by atoms with Crippen molar-refractivity contribution in [3.05, 3.63) is 29.3 Å². The summed E-state index contributed by atoms with van der Waals surface area (Å²) in [5, 5.41) is 12.6. The van der Waals surface area contributed by atoms with Crippen molar-refractivity contribution in [3.8, 4) is 11.8 Å². The van der Waals surface area contributed by atoms with E-state index < -0.39 is 0 Å². The number of hydrogen-bond acceptors (Lipinski definition) is 4. The maximum absolute atomic E-state index is 9.19. The van der Waals surface area contributed by atoms with Gasteiger partial charge >= 0.3 is 0 Å². The number of hydrogen-bond donors (Lipinski definition) is 1. The lowest BCUT2D eigenvalue weighted by atomic mass is 9.84. The number of rotatable bonds is 4. The summed E-state index contributed by atoms with van der Waals surface area (Å²) in [6.45, 7) is 4.32. The first-order chi connectivity index (χ1) is 12.3. The third-order valence-corrected chi connectivity index (χ3v) is 6.62. The molecule has 0 unspecified atom stereocenters. The highest BCUT2D eigenvalue weighted by molar-refractivity contribution is 5.46. The minimum Gasteiger partial charge on any atom is -0.493 e. The highest BCUT2D eigenvalue weighted by Crippen LogP contribution is 2.42. The van der Waals surface area contributed by atoms with Crippen LogP contribution in [0.15, 0.2) is 18.2 Å². The SMILES string of the molecule is CNC1CCC(CCN2C[C@H]3COc4ccc(C#N)cc4[C@@H]3C2)CC1. The third kappa shape index (κ3) is 3.54. The molecule has 2 fully saturated rings. The average Bonchev–Trinajstić information content (AvgIpc) is 3.10. The second-order valence-corrected chi connectivity index (χ2v) is 8.10. The zero-order valence-electron chi connectivity index (χ0n) is 15.2. The fourth-order valence-corrected chi connectivity index (χ4v) is 5.01. The molecular formula is C21H29N3O. The smallest absolute Gasteiger partial charge is 0.122 e. The number of nitrogens with one attached hydrogen (secondary N) is 1. The lowest BCUT2D eigenvalue weighted by molar-refractivity contribution is 0.207. The predicted molar refractivity (Wildman–Crippen MR) is 98.7 cm³/mol. The molecule has 4 heteroatoms. The topological polar surface area (TPSA) is 48.3 Å². The zero-order chi connectivity index (χ0) is 17.2. The first kappa shape index (κ1) is 16.9. The van der Waals surface area contributed by atoms with Crippen molar-refractivity contribution in [3.63, 3.8) is 0 Å². The van der Waals surface area contributed by atoms with Crippen LogP contribution in [0.5, 0.6) is 5.75 Å². The zero-order valence-corrected chi connectivity index (χ0v) is 15.2. The molecule has 0 bridgehead atoms. The summed E-state index contributed by atoms with van der Waals surface area (Å²) in [4.78, 5) is 2.64. The van der Waals surface area contributed by atoms with Crippen LogP contribution in [0.2, 0.25) is 0 Å². The van der Waals surface area contributed by atoms with Crippen LogP contribution in [-0.4, -0.2) is 44.2 Å². The van der Waals surface area contributed by atoms with E-state index in [0.717, 1.165) is 43.0 Å². The Hall–Kier alpha value is -1.57. The molecule has 3 aliphatic rings. The molecule has 4 nitrogen and oxygen atoms in total.